The third-order valence-corrected chi connectivity index (χ3v) is 6.88. The summed E-state index contributed by atoms with van der Waals surface area (Å²) in [6.45, 7) is 0. The van der Waals surface area contributed by atoms with E-state index in [2.05, 4.69) is 44.3 Å². The topological polar surface area (TPSA) is 51.5 Å². The number of hydrogen-bond donors (Lipinski definition) is 1. The van der Waals surface area contributed by atoms with Crippen molar-refractivity contribution in [2.24, 2.45) is 0 Å². The summed E-state index contributed by atoms with van der Waals surface area (Å²) in [4.78, 5) is 6.80. The molecule has 1 N–H and O–H groups in total. The first-order valence-electron chi connectivity index (χ1n) is 11.1. The van der Waals surface area contributed by atoms with Crippen molar-refractivity contribution in [2.45, 2.75) is 43.8 Å². The van der Waals surface area contributed by atoms with E-state index in [0.29, 0.717) is 11.2 Å². The number of hydrogen-bond acceptors (Lipinski definition) is 4. The van der Waals surface area contributed by atoms with Gasteiger partial charge in [-0.15, -0.1) is 0 Å². The van der Waals surface area contributed by atoms with Crippen LogP contribution in [0, 0.1) is 0 Å². The van der Waals surface area contributed by atoms with Gasteiger partial charge < -0.3 is 24.3 Å². The second-order valence-corrected chi connectivity index (χ2v) is 8.75. The number of rotatable bonds is 6. The molecule has 3 aromatic rings. The average molecular weight is 449 g/mol. The summed E-state index contributed by atoms with van der Waals surface area (Å²) >= 11 is 5.85. The van der Waals surface area contributed by atoms with E-state index in [0.717, 1.165) is 22.9 Å². The molecule has 0 amide bonds. The second kappa shape index (κ2) is 8.82. The number of nitrogens with one attached hydrogen (secondary N) is 1. The molecule has 1 aromatic carbocycles. The van der Waals surface area contributed by atoms with E-state index in [-0.39, 0.29) is 12.1 Å². The highest BCUT2D eigenvalue weighted by Gasteiger charge is 2.42. The van der Waals surface area contributed by atoms with Crippen LogP contribution in [0.1, 0.15) is 55.1 Å². The predicted molar refractivity (Wildman–Crippen MR) is 129 cm³/mol. The highest BCUT2D eigenvalue weighted by atomic mass is 32.1. The first-order valence-corrected chi connectivity index (χ1v) is 11.5. The van der Waals surface area contributed by atoms with E-state index in [1.165, 1.54) is 31.2 Å². The van der Waals surface area contributed by atoms with Gasteiger partial charge in [-0.25, -0.2) is 0 Å². The lowest BCUT2D eigenvalue weighted by molar-refractivity contribution is 0.394. The molecule has 0 radical (unpaired) electrons. The van der Waals surface area contributed by atoms with Crippen LogP contribution in [-0.2, 0) is 0 Å². The maximum atomic E-state index is 5.85. The van der Waals surface area contributed by atoms with Gasteiger partial charge in [0.1, 0.15) is 11.5 Å². The molecule has 5 rings (SSSR count). The zero-order valence-electron chi connectivity index (χ0n) is 18.4. The molecule has 1 saturated heterocycles. The number of nitrogens with zero attached hydrogens (tertiary/aromatic N) is 3. The van der Waals surface area contributed by atoms with Crippen molar-refractivity contribution in [1.29, 1.82) is 0 Å². The van der Waals surface area contributed by atoms with Gasteiger partial charge in [-0.2, -0.15) is 0 Å². The molecular formula is C25H28N4O2S. The Bertz CT molecular complexity index is 1090. The maximum Gasteiger partial charge on any atom is 0.174 e. The largest absolute Gasteiger partial charge is 0.497 e. The fraction of sp³-hybridized carbons (Fsp3) is 0.360. The number of thiocarbonyl (C=S) groups is 1. The van der Waals surface area contributed by atoms with Crippen LogP contribution >= 0.6 is 12.2 Å². The van der Waals surface area contributed by atoms with Gasteiger partial charge in [-0.1, -0.05) is 18.9 Å². The molecule has 32 heavy (non-hydrogen) atoms. The quantitative estimate of drug-likeness (QED) is 0.524. The normalized spacial score (nSPS) is 21.1. The monoisotopic (exact) mass is 448 g/mol. The third kappa shape index (κ3) is 3.71. The van der Waals surface area contributed by atoms with Crippen molar-refractivity contribution >= 4 is 23.0 Å². The summed E-state index contributed by atoms with van der Waals surface area (Å²) in [7, 11) is 3.33. The fourth-order valence-electron chi connectivity index (χ4n) is 4.97. The first kappa shape index (κ1) is 20.8. The minimum absolute atomic E-state index is 0.0534. The Hall–Kier alpha value is -3.06. The number of aromatic nitrogens is 2. The van der Waals surface area contributed by atoms with Crippen molar-refractivity contribution in [3.63, 3.8) is 0 Å². The molecule has 7 heteroatoms. The fourth-order valence-corrected chi connectivity index (χ4v) is 5.31. The molecule has 0 unspecified atom stereocenters. The van der Waals surface area contributed by atoms with Crippen molar-refractivity contribution in [3.8, 4) is 11.5 Å². The van der Waals surface area contributed by atoms with Crippen LogP contribution in [0.2, 0.25) is 0 Å². The zero-order valence-corrected chi connectivity index (χ0v) is 19.2. The van der Waals surface area contributed by atoms with E-state index in [1.807, 2.05) is 36.5 Å². The molecule has 1 aliphatic carbocycles. The van der Waals surface area contributed by atoms with Gasteiger partial charge in [-0.3, -0.25) is 4.98 Å². The molecule has 1 saturated carbocycles. The van der Waals surface area contributed by atoms with Crippen LogP contribution < -0.4 is 19.7 Å². The minimum Gasteiger partial charge on any atom is -0.497 e. The zero-order chi connectivity index (χ0) is 22.1. The predicted octanol–water partition coefficient (Wildman–Crippen LogP) is 5.19. The molecule has 2 fully saturated rings. The average Bonchev–Trinajstić information content (AvgIpc) is 3.59. The van der Waals surface area contributed by atoms with E-state index in [1.54, 1.807) is 14.2 Å². The first-order chi connectivity index (χ1) is 15.7. The lowest BCUT2D eigenvalue weighted by atomic mass is 9.98. The standard InChI is InChI=1S/C25H28N4O2S/c1-30-19-10-11-21(22(15-19)31-2)29-24(17-12-14-28(16-17)18-7-3-4-8-18)23(27-25(29)32)20-9-5-6-13-26-20/h5-6,9-16,18,23-24H,3-4,7-8H2,1-2H3,(H,27,32)/t23-,24-/m1/s1. The molecule has 3 heterocycles. The Kier molecular flexibility index (Phi) is 5.74. The summed E-state index contributed by atoms with van der Waals surface area (Å²) in [6.07, 6.45) is 11.4. The van der Waals surface area contributed by atoms with Crippen molar-refractivity contribution in [3.05, 3.63) is 72.3 Å². The summed E-state index contributed by atoms with van der Waals surface area (Å²) in [5, 5.41) is 4.18. The van der Waals surface area contributed by atoms with Crippen LogP contribution in [0.3, 0.4) is 0 Å². The van der Waals surface area contributed by atoms with E-state index < -0.39 is 0 Å². The van der Waals surface area contributed by atoms with Crippen molar-refractivity contribution in [1.82, 2.24) is 14.9 Å². The Labute approximate surface area is 194 Å². The second-order valence-electron chi connectivity index (χ2n) is 8.36. The van der Waals surface area contributed by atoms with Crippen molar-refractivity contribution < 1.29 is 9.47 Å². The van der Waals surface area contributed by atoms with Crippen LogP contribution in [0.5, 0.6) is 11.5 Å². The Balaban J connectivity index is 1.59. The van der Waals surface area contributed by atoms with Gasteiger partial charge in [0.15, 0.2) is 5.11 Å². The van der Waals surface area contributed by atoms with E-state index in [9.17, 15) is 0 Å². The molecule has 166 valence electrons. The molecule has 1 aliphatic heterocycles. The number of anilines is 1. The van der Waals surface area contributed by atoms with Crippen LogP contribution in [-0.4, -0.2) is 28.9 Å². The summed E-state index contributed by atoms with van der Waals surface area (Å²) in [5.74, 6) is 1.46. The van der Waals surface area contributed by atoms with E-state index in [4.69, 9.17) is 21.7 Å². The van der Waals surface area contributed by atoms with Gasteiger partial charge in [0.05, 0.1) is 37.7 Å². The Morgan fingerprint density at radius 1 is 1.06 bits per heavy atom. The number of ether oxygens (including phenoxy) is 2. The van der Waals surface area contributed by atoms with Crippen LogP contribution in [0.15, 0.2) is 61.1 Å². The van der Waals surface area contributed by atoms with Crippen molar-refractivity contribution in [2.75, 3.05) is 19.1 Å². The molecule has 0 bridgehead atoms. The third-order valence-electron chi connectivity index (χ3n) is 6.57. The Morgan fingerprint density at radius 2 is 1.91 bits per heavy atom. The SMILES string of the molecule is COc1ccc(N2C(=S)N[C@H](c3ccccn3)[C@H]2c2ccn(C3CCCC3)c2)c(OC)c1. The van der Waals surface area contributed by atoms with Gasteiger partial charge in [-0.05, 0) is 61.0 Å². The highest BCUT2D eigenvalue weighted by molar-refractivity contribution is 7.80. The minimum atomic E-state index is -0.0741. The Morgan fingerprint density at radius 3 is 2.62 bits per heavy atom. The van der Waals surface area contributed by atoms with Gasteiger partial charge >= 0.3 is 0 Å². The lowest BCUT2D eigenvalue weighted by Gasteiger charge is -2.28. The summed E-state index contributed by atoms with van der Waals surface area (Å²) in [5.41, 5.74) is 3.07. The summed E-state index contributed by atoms with van der Waals surface area (Å²) in [6, 6.07) is 14.5. The molecule has 2 atom stereocenters. The molecule has 6 nitrogen and oxygen atoms in total. The van der Waals surface area contributed by atoms with Gasteiger partial charge in [0.25, 0.3) is 0 Å². The lowest BCUT2D eigenvalue weighted by Crippen LogP contribution is -2.29. The molecule has 0 spiro atoms. The van der Waals surface area contributed by atoms with E-state index >= 15 is 0 Å². The van der Waals surface area contributed by atoms with Crippen LogP contribution in [0.4, 0.5) is 5.69 Å². The number of pyridine rings is 1. The molecule has 2 aromatic heterocycles. The smallest absolute Gasteiger partial charge is 0.174 e. The number of methoxy groups -OCH3 is 2. The van der Waals surface area contributed by atoms with Crippen LogP contribution in [0.25, 0.3) is 0 Å². The highest BCUT2D eigenvalue weighted by Crippen LogP contribution is 2.45. The molecular weight excluding hydrogens is 420 g/mol. The maximum absolute atomic E-state index is 5.85. The number of benzene rings is 1. The summed E-state index contributed by atoms with van der Waals surface area (Å²) < 4.78 is 13.5. The van der Waals surface area contributed by atoms with Gasteiger partial charge in [0.2, 0.25) is 0 Å². The van der Waals surface area contributed by atoms with Gasteiger partial charge in [0, 0.05) is 30.7 Å². The molecule has 2 aliphatic rings.